The number of hydrogen-bond donors (Lipinski definition) is 1. The summed E-state index contributed by atoms with van der Waals surface area (Å²) in [5, 5.41) is 3.16. The lowest BCUT2D eigenvalue weighted by Crippen LogP contribution is -2.48. The lowest BCUT2D eigenvalue weighted by Gasteiger charge is -2.38. The largest absolute Gasteiger partial charge is 0.370 e. The highest BCUT2D eigenvalue weighted by atomic mass is 16.5. The molecule has 2 bridgehead atoms. The zero-order chi connectivity index (χ0) is 6.32. The quantitative estimate of drug-likeness (QED) is 0.584. The Labute approximate surface area is 55.6 Å². The molecule has 3 rings (SSSR count). The van der Waals surface area contributed by atoms with Gasteiger partial charge in [-0.1, -0.05) is 0 Å². The van der Waals surface area contributed by atoms with Crippen molar-refractivity contribution in [3.63, 3.8) is 0 Å². The Hall–Kier alpha value is -0.0800. The van der Waals surface area contributed by atoms with Gasteiger partial charge in [0.1, 0.15) is 0 Å². The van der Waals surface area contributed by atoms with E-state index in [9.17, 15) is 0 Å². The first kappa shape index (κ1) is 5.69. The van der Waals surface area contributed by atoms with Gasteiger partial charge in [0.05, 0.1) is 11.7 Å². The standard InChI is InChI=1S/C7H13NO/c1-8-5-7-3-2-6(4-7)9-7/h6,8H,2-5H2,1H3. The van der Waals surface area contributed by atoms with Gasteiger partial charge in [0, 0.05) is 13.0 Å². The van der Waals surface area contributed by atoms with Gasteiger partial charge in [-0.3, -0.25) is 0 Å². The number of rotatable bonds is 2. The Balaban J connectivity index is 1.95. The predicted octanol–water partition coefficient (Wildman–Crippen LogP) is 0.527. The van der Waals surface area contributed by atoms with E-state index in [0.717, 1.165) is 6.54 Å². The number of ether oxygens (including phenoxy) is 1. The van der Waals surface area contributed by atoms with Gasteiger partial charge >= 0.3 is 0 Å². The molecule has 0 aromatic rings. The lowest BCUT2D eigenvalue weighted by molar-refractivity contribution is -0.147. The molecule has 1 N–H and O–H groups in total. The van der Waals surface area contributed by atoms with E-state index in [-0.39, 0.29) is 5.60 Å². The van der Waals surface area contributed by atoms with Crippen molar-refractivity contribution in [1.82, 2.24) is 5.32 Å². The van der Waals surface area contributed by atoms with Crippen LogP contribution in [0.25, 0.3) is 0 Å². The maximum Gasteiger partial charge on any atom is 0.0835 e. The van der Waals surface area contributed by atoms with E-state index in [1.54, 1.807) is 0 Å². The minimum atomic E-state index is 0.277. The molecule has 0 radical (unpaired) electrons. The average molecular weight is 127 g/mol. The Morgan fingerprint density at radius 1 is 1.78 bits per heavy atom. The summed E-state index contributed by atoms with van der Waals surface area (Å²) in [6.45, 7) is 1.05. The normalized spacial score (nSPS) is 47.0. The van der Waals surface area contributed by atoms with Crippen molar-refractivity contribution < 1.29 is 4.74 Å². The van der Waals surface area contributed by atoms with E-state index in [2.05, 4.69) is 5.32 Å². The van der Waals surface area contributed by atoms with Gasteiger partial charge in [-0.2, -0.15) is 0 Å². The molecule has 2 heterocycles. The summed E-state index contributed by atoms with van der Waals surface area (Å²) < 4.78 is 5.62. The predicted molar refractivity (Wildman–Crippen MR) is 35.4 cm³/mol. The van der Waals surface area contributed by atoms with Crippen LogP contribution in [0.3, 0.4) is 0 Å². The summed E-state index contributed by atoms with van der Waals surface area (Å²) in [4.78, 5) is 0. The molecule has 3 aliphatic rings. The number of fused-ring (bicyclic) bond motifs is 1. The van der Waals surface area contributed by atoms with Crippen molar-refractivity contribution in [2.75, 3.05) is 13.6 Å². The topological polar surface area (TPSA) is 21.3 Å². The van der Waals surface area contributed by atoms with Crippen molar-refractivity contribution in [2.24, 2.45) is 0 Å². The van der Waals surface area contributed by atoms with Crippen molar-refractivity contribution in [1.29, 1.82) is 0 Å². The van der Waals surface area contributed by atoms with E-state index < -0.39 is 0 Å². The van der Waals surface area contributed by atoms with E-state index in [1.807, 2.05) is 7.05 Å². The summed E-state index contributed by atoms with van der Waals surface area (Å²) in [5.74, 6) is 0. The Morgan fingerprint density at radius 3 is 3.00 bits per heavy atom. The molecule has 2 unspecified atom stereocenters. The zero-order valence-corrected chi connectivity index (χ0v) is 5.81. The Kier molecular flexibility index (Phi) is 1.08. The minimum absolute atomic E-state index is 0.277. The summed E-state index contributed by atoms with van der Waals surface area (Å²) in [5.41, 5.74) is 0.277. The summed E-state index contributed by atoms with van der Waals surface area (Å²) in [6, 6.07) is 0. The van der Waals surface area contributed by atoms with Gasteiger partial charge in [0.25, 0.3) is 0 Å². The highest BCUT2D eigenvalue weighted by Crippen LogP contribution is 2.46. The van der Waals surface area contributed by atoms with Gasteiger partial charge in [-0.25, -0.2) is 0 Å². The second-order valence-electron chi connectivity index (χ2n) is 3.20. The third-order valence-electron chi connectivity index (χ3n) is 2.44. The first-order valence-corrected chi connectivity index (χ1v) is 3.67. The minimum Gasteiger partial charge on any atom is -0.370 e. The zero-order valence-electron chi connectivity index (χ0n) is 5.81. The van der Waals surface area contributed by atoms with Crippen LogP contribution < -0.4 is 5.32 Å². The van der Waals surface area contributed by atoms with E-state index in [1.165, 1.54) is 19.3 Å². The van der Waals surface area contributed by atoms with Gasteiger partial charge < -0.3 is 10.1 Å². The van der Waals surface area contributed by atoms with Crippen molar-refractivity contribution in [3.05, 3.63) is 0 Å². The van der Waals surface area contributed by atoms with Crippen LogP contribution in [-0.2, 0) is 4.74 Å². The molecule has 0 aromatic heterocycles. The SMILES string of the molecule is CNCC12CCC(C1)O2. The fourth-order valence-corrected chi connectivity index (χ4v) is 2.03. The van der Waals surface area contributed by atoms with Crippen LogP contribution in [0.5, 0.6) is 0 Å². The number of likely N-dealkylation sites (N-methyl/N-ethyl adjacent to an activating group) is 1. The molecule has 2 aliphatic heterocycles. The first-order chi connectivity index (χ1) is 4.35. The summed E-state index contributed by atoms with van der Waals surface area (Å²) in [7, 11) is 1.99. The summed E-state index contributed by atoms with van der Waals surface area (Å²) >= 11 is 0. The van der Waals surface area contributed by atoms with Crippen LogP contribution in [0.4, 0.5) is 0 Å². The Bertz CT molecular complexity index is 113. The second-order valence-corrected chi connectivity index (χ2v) is 3.20. The molecule has 1 aliphatic carbocycles. The fraction of sp³-hybridized carbons (Fsp3) is 1.00. The average Bonchev–Trinajstić information content (AvgIpc) is 2.22. The second kappa shape index (κ2) is 1.70. The van der Waals surface area contributed by atoms with Crippen LogP contribution in [0.1, 0.15) is 19.3 Å². The Morgan fingerprint density at radius 2 is 2.56 bits per heavy atom. The lowest BCUT2D eigenvalue weighted by atomic mass is 9.98. The highest BCUT2D eigenvalue weighted by Gasteiger charge is 2.51. The molecule has 0 amide bonds. The highest BCUT2D eigenvalue weighted by molar-refractivity contribution is 5.02. The van der Waals surface area contributed by atoms with Gasteiger partial charge in [-0.05, 0) is 19.9 Å². The first-order valence-electron chi connectivity index (χ1n) is 3.67. The molecule has 3 fully saturated rings. The molecular formula is C7H13NO. The smallest absolute Gasteiger partial charge is 0.0835 e. The molecule has 0 spiro atoms. The molecule has 2 saturated heterocycles. The molecule has 9 heavy (non-hydrogen) atoms. The molecular weight excluding hydrogens is 114 g/mol. The summed E-state index contributed by atoms with van der Waals surface area (Å²) in [6.07, 6.45) is 4.49. The number of hydrogen-bond acceptors (Lipinski definition) is 2. The van der Waals surface area contributed by atoms with Crippen LogP contribution in [0, 0.1) is 0 Å². The monoisotopic (exact) mass is 127 g/mol. The number of nitrogens with one attached hydrogen (secondary N) is 1. The van der Waals surface area contributed by atoms with E-state index >= 15 is 0 Å². The van der Waals surface area contributed by atoms with Crippen molar-refractivity contribution in [2.45, 2.75) is 31.0 Å². The van der Waals surface area contributed by atoms with Crippen molar-refractivity contribution >= 4 is 0 Å². The van der Waals surface area contributed by atoms with Gasteiger partial charge in [0.15, 0.2) is 0 Å². The van der Waals surface area contributed by atoms with Crippen molar-refractivity contribution in [3.8, 4) is 0 Å². The fourth-order valence-electron chi connectivity index (χ4n) is 2.03. The molecule has 2 nitrogen and oxygen atoms in total. The van der Waals surface area contributed by atoms with Gasteiger partial charge in [0.2, 0.25) is 0 Å². The van der Waals surface area contributed by atoms with Crippen LogP contribution >= 0.6 is 0 Å². The third kappa shape index (κ3) is 0.700. The van der Waals surface area contributed by atoms with E-state index in [0.29, 0.717) is 6.10 Å². The third-order valence-corrected chi connectivity index (χ3v) is 2.44. The molecule has 52 valence electrons. The van der Waals surface area contributed by atoms with Crippen LogP contribution in [0.2, 0.25) is 0 Å². The van der Waals surface area contributed by atoms with E-state index in [4.69, 9.17) is 4.74 Å². The maximum atomic E-state index is 5.62. The molecule has 2 heteroatoms. The van der Waals surface area contributed by atoms with Crippen LogP contribution in [-0.4, -0.2) is 25.3 Å². The van der Waals surface area contributed by atoms with Gasteiger partial charge in [-0.15, -0.1) is 0 Å². The maximum absolute atomic E-state index is 5.62. The molecule has 1 saturated carbocycles. The molecule has 2 atom stereocenters. The van der Waals surface area contributed by atoms with Crippen LogP contribution in [0.15, 0.2) is 0 Å². The molecule has 0 aromatic carbocycles.